The maximum absolute atomic E-state index is 10.7. The number of nitrogens with zero attached hydrogens (tertiary/aromatic N) is 3. The smallest absolute Gasteiger partial charge is 0.354 e. The molecule has 86 valence electrons. The van der Waals surface area contributed by atoms with E-state index in [2.05, 4.69) is 30.9 Å². The maximum Gasteiger partial charge on any atom is 0.354 e. The molecule has 2 rings (SSSR count). The van der Waals surface area contributed by atoms with Gasteiger partial charge in [0.1, 0.15) is 5.03 Å². The minimum Gasteiger partial charge on any atom is -0.477 e. The highest BCUT2D eigenvalue weighted by Crippen LogP contribution is 2.28. The van der Waals surface area contributed by atoms with Crippen molar-refractivity contribution in [3.05, 3.63) is 40.8 Å². The number of rotatable bonds is 3. The van der Waals surface area contributed by atoms with Gasteiger partial charge in [0.05, 0.1) is 4.47 Å². The maximum atomic E-state index is 10.7. The molecule has 5 nitrogen and oxygen atoms in total. The first-order chi connectivity index (χ1) is 8.16. The largest absolute Gasteiger partial charge is 0.477 e. The minimum absolute atomic E-state index is 0.0328. The summed E-state index contributed by atoms with van der Waals surface area (Å²) in [4.78, 5) is 22.8. The van der Waals surface area contributed by atoms with Gasteiger partial charge in [0.15, 0.2) is 10.9 Å². The van der Waals surface area contributed by atoms with Crippen LogP contribution >= 0.6 is 27.7 Å². The number of aromatic carboxylic acids is 1. The summed E-state index contributed by atoms with van der Waals surface area (Å²) in [6.45, 7) is 0. The second kappa shape index (κ2) is 5.24. The summed E-state index contributed by atoms with van der Waals surface area (Å²) >= 11 is 4.55. The fourth-order valence-corrected chi connectivity index (χ4v) is 2.25. The van der Waals surface area contributed by atoms with Gasteiger partial charge in [0, 0.05) is 12.4 Å². The third kappa shape index (κ3) is 3.01. The monoisotopic (exact) mass is 311 g/mol. The van der Waals surface area contributed by atoms with Gasteiger partial charge < -0.3 is 5.11 Å². The molecule has 0 unspecified atom stereocenters. The van der Waals surface area contributed by atoms with Crippen LogP contribution in [-0.4, -0.2) is 26.0 Å². The van der Waals surface area contributed by atoms with Crippen molar-refractivity contribution in [2.75, 3.05) is 0 Å². The van der Waals surface area contributed by atoms with E-state index >= 15 is 0 Å². The molecule has 0 aliphatic carbocycles. The van der Waals surface area contributed by atoms with Crippen LogP contribution in [0.2, 0.25) is 0 Å². The first kappa shape index (κ1) is 12.0. The van der Waals surface area contributed by atoms with Crippen LogP contribution in [0.1, 0.15) is 10.5 Å². The van der Waals surface area contributed by atoms with Gasteiger partial charge in [0.25, 0.3) is 0 Å². The number of hydrogen-bond acceptors (Lipinski definition) is 5. The van der Waals surface area contributed by atoms with Crippen LogP contribution in [0.15, 0.2) is 45.2 Å². The minimum atomic E-state index is -1.07. The van der Waals surface area contributed by atoms with Crippen LogP contribution in [0.3, 0.4) is 0 Å². The number of aromatic nitrogens is 3. The molecule has 0 saturated carbocycles. The molecular formula is C10H6BrN3O2S. The van der Waals surface area contributed by atoms with E-state index in [0.29, 0.717) is 10.2 Å². The SMILES string of the molecule is O=C(O)c1ccnc(Sc2ncccc2Br)n1. The fraction of sp³-hybridized carbons (Fsp3) is 0. The molecule has 0 aliphatic heterocycles. The van der Waals surface area contributed by atoms with Gasteiger partial charge in [0.2, 0.25) is 0 Å². The lowest BCUT2D eigenvalue weighted by atomic mass is 10.4. The Bertz CT molecular complexity index is 565. The van der Waals surface area contributed by atoms with Gasteiger partial charge in [-0.25, -0.2) is 19.7 Å². The molecule has 7 heteroatoms. The zero-order valence-corrected chi connectivity index (χ0v) is 10.8. The molecule has 0 aromatic carbocycles. The van der Waals surface area contributed by atoms with Crippen molar-refractivity contribution < 1.29 is 9.90 Å². The van der Waals surface area contributed by atoms with Crippen LogP contribution in [0, 0.1) is 0 Å². The van der Waals surface area contributed by atoms with Gasteiger partial charge >= 0.3 is 5.97 Å². The topological polar surface area (TPSA) is 76.0 Å². The molecule has 0 fully saturated rings. The molecular weight excluding hydrogens is 306 g/mol. The number of pyridine rings is 1. The van der Waals surface area contributed by atoms with Crippen molar-refractivity contribution in [2.24, 2.45) is 0 Å². The quantitative estimate of drug-likeness (QED) is 0.878. The molecule has 0 radical (unpaired) electrons. The van der Waals surface area contributed by atoms with Crippen LogP contribution in [0.25, 0.3) is 0 Å². The molecule has 2 aromatic heterocycles. The summed E-state index contributed by atoms with van der Waals surface area (Å²) in [5.41, 5.74) is -0.0328. The third-order valence-electron chi connectivity index (χ3n) is 1.77. The summed E-state index contributed by atoms with van der Waals surface area (Å²) in [7, 11) is 0. The molecule has 17 heavy (non-hydrogen) atoms. The molecule has 1 N–H and O–H groups in total. The average molecular weight is 312 g/mol. The Kier molecular flexibility index (Phi) is 3.70. The predicted octanol–water partition coefficient (Wildman–Crippen LogP) is 2.48. The van der Waals surface area contributed by atoms with E-state index in [0.717, 1.165) is 4.47 Å². The average Bonchev–Trinajstić information content (AvgIpc) is 2.32. The number of halogens is 1. The van der Waals surface area contributed by atoms with Crippen LogP contribution in [0.5, 0.6) is 0 Å². The number of carboxylic acids is 1. The molecule has 0 atom stereocenters. The third-order valence-corrected chi connectivity index (χ3v) is 3.57. The highest BCUT2D eigenvalue weighted by molar-refractivity contribution is 9.10. The van der Waals surface area contributed by atoms with Crippen LogP contribution in [0.4, 0.5) is 0 Å². The van der Waals surface area contributed by atoms with Crippen molar-refractivity contribution >= 4 is 33.7 Å². The van der Waals surface area contributed by atoms with E-state index in [1.165, 1.54) is 24.0 Å². The van der Waals surface area contributed by atoms with Crippen molar-refractivity contribution in [3.63, 3.8) is 0 Å². The van der Waals surface area contributed by atoms with E-state index in [-0.39, 0.29) is 5.69 Å². The van der Waals surface area contributed by atoms with Crippen LogP contribution in [-0.2, 0) is 0 Å². The highest BCUT2D eigenvalue weighted by atomic mass is 79.9. The van der Waals surface area contributed by atoms with Crippen LogP contribution < -0.4 is 0 Å². The molecule has 0 spiro atoms. The normalized spacial score (nSPS) is 10.2. The Morgan fingerprint density at radius 2 is 2.12 bits per heavy atom. The fourth-order valence-electron chi connectivity index (χ4n) is 1.04. The zero-order chi connectivity index (χ0) is 12.3. The van der Waals surface area contributed by atoms with E-state index in [9.17, 15) is 4.79 Å². The lowest BCUT2D eigenvalue weighted by Crippen LogP contribution is -2.01. The van der Waals surface area contributed by atoms with Gasteiger partial charge in [-0.1, -0.05) is 0 Å². The van der Waals surface area contributed by atoms with Gasteiger partial charge in [-0.15, -0.1) is 0 Å². The summed E-state index contributed by atoms with van der Waals surface area (Å²) in [6.07, 6.45) is 3.06. The van der Waals surface area contributed by atoms with Gasteiger partial charge in [-0.2, -0.15) is 0 Å². The van der Waals surface area contributed by atoms with E-state index in [1.807, 2.05) is 6.07 Å². The Balaban J connectivity index is 2.28. The summed E-state index contributed by atoms with van der Waals surface area (Å²) < 4.78 is 0.814. The summed E-state index contributed by atoms with van der Waals surface area (Å²) in [6, 6.07) is 4.99. The summed E-state index contributed by atoms with van der Waals surface area (Å²) in [5.74, 6) is -1.07. The number of carbonyl (C=O) groups is 1. The van der Waals surface area contributed by atoms with Crippen molar-refractivity contribution in [1.82, 2.24) is 15.0 Å². The molecule has 0 saturated heterocycles. The molecule has 0 amide bonds. The standard InChI is InChI=1S/C10H6BrN3O2S/c11-6-2-1-4-12-8(6)17-10-13-5-3-7(14-10)9(15)16/h1-5H,(H,15,16). The zero-order valence-electron chi connectivity index (χ0n) is 8.37. The van der Waals surface area contributed by atoms with Gasteiger partial charge in [-0.05, 0) is 45.9 Å². The summed E-state index contributed by atoms with van der Waals surface area (Å²) in [5, 5.41) is 9.85. The number of carboxylic acid groups (broad SMARTS) is 1. The lowest BCUT2D eigenvalue weighted by molar-refractivity contribution is 0.0689. The van der Waals surface area contributed by atoms with Crippen molar-refractivity contribution in [2.45, 2.75) is 10.2 Å². The first-order valence-electron chi connectivity index (χ1n) is 4.51. The number of hydrogen-bond donors (Lipinski definition) is 1. The Labute approximate surface area is 109 Å². The highest BCUT2D eigenvalue weighted by Gasteiger charge is 2.09. The Morgan fingerprint density at radius 1 is 1.29 bits per heavy atom. The predicted molar refractivity (Wildman–Crippen MR) is 65.1 cm³/mol. The molecule has 2 heterocycles. The van der Waals surface area contributed by atoms with E-state index in [1.54, 1.807) is 12.3 Å². The van der Waals surface area contributed by atoms with Gasteiger partial charge in [-0.3, -0.25) is 0 Å². The molecule has 0 bridgehead atoms. The molecule has 0 aliphatic rings. The first-order valence-corrected chi connectivity index (χ1v) is 6.12. The second-order valence-corrected chi connectivity index (χ2v) is 4.73. The van der Waals surface area contributed by atoms with E-state index in [4.69, 9.17) is 5.11 Å². The van der Waals surface area contributed by atoms with Crippen molar-refractivity contribution in [1.29, 1.82) is 0 Å². The lowest BCUT2D eigenvalue weighted by Gasteiger charge is -2.01. The molecule has 2 aromatic rings. The Morgan fingerprint density at radius 3 is 2.82 bits per heavy atom. The van der Waals surface area contributed by atoms with E-state index < -0.39 is 5.97 Å². The second-order valence-electron chi connectivity index (χ2n) is 2.92. The van der Waals surface area contributed by atoms with Crippen molar-refractivity contribution in [3.8, 4) is 0 Å². The Hall–Kier alpha value is -1.47.